The SMILES string of the molecule is CC(C)(N)CCOC(C)(C)CCC(=O)O. The minimum absolute atomic E-state index is 0.138. The summed E-state index contributed by atoms with van der Waals surface area (Å²) in [5.74, 6) is -0.786. The van der Waals surface area contributed by atoms with E-state index in [1.54, 1.807) is 0 Å². The van der Waals surface area contributed by atoms with Crippen LogP contribution in [-0.4, -0.2) is 28.8 Å². The van der Waals surface area contributed by atoms with E-state index < -0.39 is 5.97 Å². The number of ether oxygens (including phenoxy) is 1. The standard InChI is InChI=1S/C11H23NO3/c1-10(2,12)7-8-15-11(3,4)6-5-9(13)14/h5-8,12H2,1-4H3,(H,13,14). The summed E-state index contributed by atoms with van der Waals surface area (Å²) in [5, 5.41) is 8.56. The lowest BCUT2D eigenvalue weighted by Crippen LogP contribution is -2.35. The van der Waals surface area contributed by atoms with Gasteiger partial charge in [0.15, 0.2) is 0 Å². The fourth-order valence-corrected chi connectivity index (χ4v) is 1.07. The van der Waals surface area contributed by atoms with E-state index in [0.717, 1.165) is 6.42 Å². The van der Waals surface area contributed by atoms with Gasteiger partial charge >= 0.3 is 5.97 Å². The number of rotatable bonds is 7. The Morgan fingerprint density at radius 1 is 1.27 bits per heavy atom. The van der Waals surface area contributed by atoms with Gasteiger partial charge in [0.25, 0.3) is 0 Å². The molecule has 0 aliphatic carbocycles. The van der Waals surface area contributed by atoms with E-state index in [9.17, 15) is 4.79 Å². The first kappa shape index (κ1) is 14.4. The van der Waals surface area contributed by atoms with Gasteiger partial charge in [-0.05, 0) is 40.5 Å². The van der Waals surface area contributed by atoms with Gasteiger partial charge in [-0.1, -0.05) is 0 Å². The fraction of sp³-hybridized carbons (Fsp3) is 0.909. The molecule has 0 fully saturated rings. The minimum Gasteiger partial charge on any atom is -0.481 e. The summed E-state index contributed by atoms with van der Waals surface area (Å²) >= 11 is 0. The molecule has 15 heavy (non-hydrogen) atoms. The number of hydrogen-bond donors (Lipinski definition) is 2. The maximum Gasteiger partial charge on any atom is 0.303 e. The Kier molecular flexibility index (Phi) is 5.24. The van der Waals surface area contributed by atoms with Crippen molar-refractivity contribution in [1.29, 1.82) is 0 Å². The molecule has 0 saturated heterocycles. The predicted molar refractivity (Wildman–Crippen MR) is 59.8 cm³/mol. The molecule has 90 valence electrons. The molecule has 0 rings (SSSR count). The highest BCUT2D eigenvalue weighted by molar-refractivity contribution is 5.66. The fourth-order valence-electron chi connectivity index (χ4n) is 1.07. The average Bonchev–Trinajstić information content (AvgIpc) is 1.98. The maximum absolute atomic E-state index is 10.4. The van der Waals surface area contributed by atoms with E-state index in [1.165, 1.54) is 0 Å². The first-order chi connectivity index (χ1) is 6.62. The summed E-state index contributed by atoms with van der Waals surface area (Å²) < 4.78 is 5.61. The Hall–Kier alpha value is -0.610. The van der Waals surface area contributed by atoms with Gasteiger partial charge in [-0.25, -0.2) is 0 Å². The number of carbonyl (C=O) groups is 1. The van der Waals surface area contributed by atoms with E-state index in [4.69, 9.17) is 15.6 Å². The van der Waals surface area contributed by atoms with Gasteiger partial charge in [0.2, 0.25) is 0 Å². The monoisotopic (exact) mass is 217 g/mol. The second kappa shape index (κ2) is 5.47. The van der Waals surface area contributed by atoms with E-state index in [2.05, 4.69) is 0 Å². The first-order valence-corrected chi connectivity index (χ1v) is 5.27. The third kappa shape index (κ3) is 9.69. The van der Waals surface area contributed by atoms with Crippen LogP contribution in [0.5, 0.6) is 0 Å². The van der Waals surface area contributed by atoms with E-state index in [1.807, 2.05) is 27.7 Å². The zero-order chi connectivity index (χ0) is 12.1. The predicted octanol–water partition coefficient (Wildman–Crippen LogP) is 1.77. The molecule has 3 N–H and O–H groups in total. The van der Waals surface area contributed by atoms with Gasteiger partial charge < -0.3 is 15.6 Å². The quantitative estimate of drug-likeness (QED) is 0.681. The van der Waals surface area contributed by atoms with Crippen molar-refractivity contribution in [3.05, 3.63) is 0 Å². The molecule has 0 atom stereocenters. The van der Waals surface area contributed by atoms with Gasteiger partial charge in [-0.3, -0.25) is 4.79 Å². The van der Waals surface area contributed by atoms with Crippen molar-refractivity contribution < 1.29 is 14.6 Å². The largest absolute Gasteiger partial charge is 0.481 e. The normalized spacial score (nSPS) is 12.9. The Morgan fingerprint density at radius 3 is 2.20 bits per heavy atom. The number of aliphatic carboxylic acids is 1. The molecule has 4 nitrogen and oxygen atoms in total. The van der Waals surface area contributed by atoms with Crippen molar-refractivity contribution in [1.82, 2.24) is 0 Å². The van der Waals surface area contributed by atoms with Crippen molar-refractivity contribution in [2.45, 2.75) is 58.1 Å². The summed E-state index contributed by atoms with van der Waals surface area (Å²) in [6.45, 7) is 8.26. The molecule has 0 spiro atoms. The van der Waals surface area contributed by atoms with Crippen LogP contribution in [0.3, 0.4) is 0 Å². The van der Waals surface area contributed by atoms with Crippen LogP contribution in [0.25, 0.3) is 0 Å². The number of hydrogen-bond acceptors (Lipinski definition) is 3. The Labute approximate surface area is 91.8 Å². The summed E-state index contributed by atoms with van der Waals surface area (Å²) in [6, 6.07) is 0. The minimum atomic E-state index is -0.786. The molecule has 0 heterocycles. The van der Waals surface area contributed by atoms with Gasteiger partial charge in [-0.15, -0.1) is 0 Å². The molecule has 0 aliphatic rings. The molecule has 0 aromatic heterocycles. The van der Waals surface area contributed by atoms with Crippen LogP contribution in [0.4, 0.5) is 0 Å². The lowest BCUT2D eigenvalue weighted by molar-refractivity contribution is -0.138. The van der Waals surface area contributed by atoms with Gasteiger partial charge in [0.1, 0.15) is 0 Å². The molecule has 0 bridgehead atoms. The van der Waals surface area contributed by atoms with Crippen molar-refractivity contribution in [3.8, 4) is 0 Å². The first-order valence-electron chi connectivity index (χ1n) is 5.27. The second-order valence-electron chi connectivity index (χ2n) is 5.24. The van der Waals surface area contributed by atoms with Crippen LogP contribution in [0.15, 0.2) is 0 Å². The highest BCUT2D eigenvalue weighted by Gasteiger charge is 2.21. The Bertz CT molecular complexity index is 206. The molecule has 0 radical (unpaired) electrons. The summed E-state index contributed by atoms with van der Waals surface area (Å²) in [4.78, 5) is 10.4. The Morgan fingerprint density at radius 2 is 1.80 bits per heavy atom. The smallest absolute Gasteiger partial charge is 0.303 e. The molecular weight excluding hydrogens is 194 g/mol. The van der Waals surface area contributed by atoms with Crippen LogP contribution in [0.2, 0.25) is 0 Å². The molecule has 0 saturated carbocycles. The van der Waals surface area contributed by atoms with Crippen molar-refractivity contribution in [3.63, 3.8) is 0 Å². The second-order valence-corrected chi connectivity index (χ2v) is 5.24. The third-order valence-corrected chi connectivity index (χ3v) is 2.18. The van der Waals surface area contributed by atoms with Crippen LogP contribution >= 0.6 is 0 Å². The molecule has 4 heteroatoms. The van der Waals surface area contributed by atoms with Crippen LogP contribution < -0.4 is 5.73 Å². The zero-order valence-electron chi connectivity index (χ0n) is 10.2. The average molecular weight is 217 g/mol. The highest BCUT2D eigenvalue weighted by Crippen LogP contribution is 2.18. The third-order valence-electron chi connectivity index (χ3n) is 2.18. The maximum atomic E-state index is 10.4. The summed E-state index contributed by atoms with van der Waals surface area (Å²) in [6.07, 6.45) is 1.43. The van der Waals surface area contributed by atoms with E-state index in [-0.39, 0.29) is 17.6 Å². The molecule has 0 aromatic rings. The molecular formula is C11H23NO3. The topological polar surface area (TPSA) is 72.5 Å². The van der Waals surface area contributed by atoms with Crippen molar-refractivity contribution >= 4 is 5.97 Å². The lowest BCUT2D eigenvalue weighted by atomic mass is 10.0. The Balaban J connectivity index is 3.78. The molecule has 0 unspecified atom stereocenters. The zero-order valence-corrected chi connectivity index (χ0v) is 10.2. The van der Waals surface area contributed by atoms with Gasteiger partial charge in [-0.2, -0.15) is 0 Å². The van der Waals surface area contributed by atoms with Crippen LogP contribution in [0.1, 0.15) is 47.0 Å². The highest BCUT2D eigenvalue weighted by atomic mass is 16.5. The number of carboxylic acids is 1. The van der Waals surface area contributed by atoms with E-state index >= 15 is 0 Å². The molecule has 0 aromatic carbocycles. The summed E-state index contributed by atoms with van der Waals surface area (Å²) in [7, 11) is 0. The van der Waals surface area contributed by atoms with Crippen LogP contribution in [-0.2, 0) is 9.53 Å². The van der Waals surface area contributed by atoms with Crippen molar-refractivity contribution in [2.24, 2.45) is 5.73 Å². The lowest BCUT2D eigenvalue weighted by Gasteiger charge is -2.27. The molecule has 0 aliphatic heterocycles. The van der Waals surface area contributed by atoms with Gasteiger partial charge in [0.05, 0.1) is 5.60 Å². The van der Waals surface area contributed by atoms with Gasteiger partial charge in [0, 0.05) is 18.6 Å². The molecule has 0 amide bonds. The summed E-state index contributed by atoms with van der Waals surface area (Å²) in [5.41, 5.74) is 5.19. The van der Waals surface area contributed by atoms with E-state index in [0.29, 0.717) is 13.0 Å². The number of nitrogens with two attached hydrogens (primary N) is 1. The van der Waals surface area contributed by atoms with Crippen molar-refractivity contribution in [2.75, 3.05) is 6.61 Å². The van der Waals surface area contributed by atoms with Crippen LogP contribution in [0, 0.1) is 0 Å². The number of carboxylic acid groups (broad SMARTS) is 1.